The van der Waals surface area contributed by atoms with Crippen molar-refractivity contribution in [2.24, 2.45) is 0 Å². The average Bonchev–Trinajstić information content (AvgIpc) is 3.08. The molecule has 0 aliphatic carbocycles. The molecule has 2 aromatic rings. The maximum Gasteiger partial charge on any atom is 0.221 e. The number of nitrogens with one attached hydrogen (secondary N) is 1. The SMILES string of the molecule is CCC1(c2cccs2)CC(=O)NC1Cc1ccccc1. The van der Waals surface area contributed by atoms with E-state index in [-0.39, 0.29) is 17.4 Å². The van der Waals surface area contributed by atoms with Gasteiger partial charge in [0.25, 0.3) is 0 Å². The van der Waals surface area contributed by atoms with Gasteiger partial charge in [0, 0.05) is 22.8 Å². The molecule has 1 aromatic heterocycles. The van der Waals surface area contributed by atoms with E-state index in [0.717, 1.165) is 12.8 Å². The van der Waals surface area contributed by atoms with Gasteiger partial charge in [-0.05, 0) is 29.9 Å². The first-order valence-corrected chi connectivity index (χ1v) is 8.00. The predicted molar refractivity (Wildman–Crippen MR) is 83.0 cm³/mol. The third kappa shape index (κ3) is 2.27. The molecule has 20 heavy (non-hydrogen) atoms. The smallest absolute Gasteiger partial charge is 0.221 e. The van der Waals surface area contributed by atoms with Gasteiger partial charge in [-0.25, -0.2) is 0 Å². The summed E-state index contributed by atoms with van der Waals surface area (Å²) in [5.41, 5.74) is 1.25. The maximum absolute atomic E-state index is 12.0. The standard InChI is InChI=1S/C17H19NOS/c1-2-17(15-9-6-10-20-15)12-16(19)18-14(17)11-13-7-4-3-5-8-13/h3-10,14H,2,11-12H2,1H3,(H,18,19). The van der Waals surface area contributed by atoms with Gasteiger partial charge < -0.3 is 5.32 Å². The molecule has 0 spiro atoms. The molecular formula is C17H19NOS. The van der Waals surface area contributed by atoms with Crippen molar-refractivity contribution in [1.29, 1.82) is 0 Å². The van der Waals surface area contributed by atoms with Gasteiger partial charge in [0.15, 0.2) is 0 Å². The van der Waals surface area contributed by atoms with Crippen LogP contribution in [-0.2, 0) is 16.6 Å². The third-order valence-corrected chi connectivity index (χ3v) is 5.49. The summed E-state index contributed by atoms with van der Waals surface area (Å²) in [4.78, 5) is 13.3. The number of benzene rings is 1. The first-order valence-electron chi connectivity index (χ1n) is 7.12. The molecule has 1 saturated heterocycles. The molecule has 1 fully saturated rings. The van der Waals surface area contributed by atoms with Gasteiger partial charge >= 0.3 is 0 Å². The minimum Gasteiger partial charge on any atom is -0.352 e. The molecule has 0 radical (unpaired) electrons. The Kier molecular flexibility index (Phi) is 3.62. The molecule has 1 aliphatic rings. The zero-order valence-corrected chi connectivity index (χ0v) is 12.5. The van der Waals surface area contributed by atoms with Gasteiger partial charge in [-0.2, -0.15) is 0 Å². The van der Waals surface area contributed by atoms with Crippen LogP contribution in [0, 0.1) is 0 Å². The van der Waals surface area contributed by atoms with E-state index >= 15 is 0 Å². The first-order chi connectivity index (χ1) is 9.74. The minimum atomic E-state index is -0.0406. The van der Waals surface area contributed by atoms with Crippen molar-refractivity contribution < 1.29 is 4.79 Å². The highest BCUT2D eigenvalue weighted by Gasteiger charge is 2.47. The maximum atomic E-state index is 12.0. The van der Waals surface area contributed by atoms with Crippen molar-refractivity contribution in [3.63, 3.8) is 0 Å². The highest BCUT2D eigenvalue weighted by atomic mass is 32.1. The summed E-state index contributed by atoms with van der Waals surface area (Å²) in [5, 5.41) is 5.31. The molecule has 0 bridgehead atoms. The zero-order valence-electron chi connectivity index (χ0n) is 11.6. The van der Waals surface area contributed by atoms with E-state index in [1.54, 1.807) is 11.3 Å². The summed E-state index contributed by atoms with van der Waals surface area (Å²) in [7, 11) is 0. The molecule has 1 aromatic carbocycles. The Bertz CT molecular complexity index is 578. The van der Waals surface area contributed by atoms with E-state index < -0.39 is 0 Å². The Hall–Kier alpha value is -1.61. The highest BCUT2D eigenvalue weighted by molar-refractivity contribution is 7.10. The number of hydrogen-bond donors (Lipinski definition) is 1. The molecule has 1 aliphatic heterocycles. The van der Waals surface area contributed by atoms with Crippen LogP contribution in [0.1, 0.15) is 30.2 Å². The van der Waals surface area contributed by atoms with Crippen LogP contribution in [0.15, 0.2) is 47.8 Å². The second kappa shape index (κ2) is 5.41. The quantitative estimate of drug-likeness (QED) is 0.915. The number of carbonyl (C=O) groups is 1. The number of thiophene rings is 1. The van der Waals surface area contributed by atoms with Crippen molar-refractivity contribution in [3.05, 3.63) is 58.3 Å². The lowest BCUT2D eigenvalue weighted by molar-refractivity contribution is -0.119. The number of carbonyl (C=O) groups excluding carboxylic acids is 1. The van der Waals surface area contributed by atoms with Crippen LogP contribution < -0.4 is 5.32 Å². The molecule has 3 rings (SSSR count). The molecule has 2 nitrogen and oxygen atoms in total. The lowest BCUT2D eigenvalue weighted by atomic mass is 9.74. The van der Waals surface area contributed by atoms with E-state index in [1.807, 2.05) is 6.07 Å². The van der Waals surface area contributed by atoms with Crippen LogP contribution in [0.2, 0.25) is 0 Å². The zero-order chi connectivity index (χ0) is 14.0. The third-order valence-electron chi connectivity index (χ3n) is 4.40. The summed E-state index contributed by atoms with van der Waals surface area (Å²) in [6.07, 6.45) is 2.50. The van der Waals surface area contributed by atoms with Crippen molar-refractivity contribution in [3.8, 4) is 0 Å². The fraction of sp³-hybridized carbons (Fsp3) is 0.353. The number of amides is 1. The summed E-state index contributed by atoms with van der Waals surface area (Å²) < 4.78 is 0. The van der Waals surface area contributed by atoms with Crippen molar-refractivity contribution in [2.75, 3.05) is 0 Å². The number of hydrogen-bond acceptors (Lipinski definition) is 2. The van der Waals surface area contributed by atoms with Crippen LogP contribution in [0.25, 0.3) is 0 Å². The Morgan fingerprint density at radius 3 is 2.70 bits per heavy atom. The van der Waals surface area contributed by atoms with Gasteiger partial charge in [0.1, 0.15) is 0 Å². The van der Waals surface area contributed by atoms with E-state index in [9.17, 15) is 4.79 Å². The van der Waals surface area contributed by atoms with Gasteiger partial charge in [0.2, 0.25) is 5.91 Å². The fourth-order valence-electron chi connectivity index (χ4n) is 3.26. The molecule has 1 N–H and O–H groups in total. The molecule has 2 unspecified atom stereocenters. The lowest BCUT2D eigenvalue weighted by Crippen LogP contribution is -2.41. The Morgan fingerprint density at radius 2 is 2.05 bits per heavy atom. The van der Waals surface area contributed by atoms with Crippen LogP contribution in [-0.4, -0.2) is 11.9 Å². The van der Waals surface area contributed by atoms with Crippen LogP contribution in [0.5, 0.6) is 0 Å². The molecule has 2 atom stereocenters. The average molecular weight is 285 g/mol. The second-order valence-corrected chi connectivity index (χ2v) is 6.42. The largest absolute Gasteiger partial charge is 0.352 e. The molecule has 3 heteroatoms. The minimum absolute atomic E-state index is 0.0406. The second-order valence-electron chi connectivity index (χ2n) is 5.47. The van der Waals surface area contributed by atoms with E-state index in [1.165, 1.54) is 10.4 Å². The summed E-state index contributed by atoms with van der Waals surface area (Å²) in [6, 6.07) is 14.9. The van der Waals surface area contributed by atoms with Crippen molar-refractivity contribution in [1.82, 2.24) is 5.32 Å². The van der Waals surface area contributed by atoms with Gasteiger partial charge in [-0.15, -0.1) is 11.3 Å². The topological polar surface area (TPSA) is 29.1 Å². The van der Waals surface area contributed by atoms with Crippen LogP contribution in [0.4, 0.5) is 0 Å². The first kappa shape index (κ1) is 13.4. The van der Waals surface area contributed by atoms with E-state index in [4.69, 9.17) is 0 Å². The molecule has 2 heterocycles. The van der Waals surface area contributed by atoms with Crippen molar-refractivity contribution >= 4 is 17.2 Å². The number of rotatable bonds is 4. The molecule has 1 amide bonds. The van der Waals surface area contributed by atoms with E-state index in [2.05, 4.69) is 54.0 Å². The molecule has 0 saturated carbocycles. The van der Waals surface area contributed by atoms with Gasteiger partial charge in [-0.1, -0.05) is 43.3 Å². The van der Waals surface area contributed by atoms with E-state index in [0.29, 0.717) is 6.42 Å². The summed E-state index contributed by atoms with van der Waals surface area (Å²) in [5.74, 6) is 0.182. The fourth-order valence-corrected chi connectivity index (χ4v) is 4.31. The Morgan fingerprint density at radius 1 is 1.25 bits per heavy atom. The highest BCUT2D eigenvalue weighted by Crippen LogP contribution is 2.42. The van der Waals surface area contributed by atoms with Crippen molar-refractivity contribution in [2.45, 2.75) is 37.6 Å². The molecule has 104 valence electrons. The summed E-state index contributed by atoms with van der Waals surface area (Å²) >= 11 is 1.77. The lowest BCUT2D eigenvalue weighted by Gasteiger charge is -2.32. The van der Waals surface area contributed by atoms with Gasteiger partial charge in [-0.3, -0.25) is 4.79 Å². The Balaban J connectivity index is 1.93. The summed E-state index contributed by atoms with van der Waals surface area (Å²) in [6.45, 7) is 2.19. The monoisotopic (exact) mass is 285 g/mol. The normalized spacial score (nSPS) is 25.6. The molecular weight excluding hydrogens is 266 g/mol. The van der Waals surface area contributed by atoms with Crippen LogP contribution in [0.3, 0.4) is 0 Å². The predicted octanol–water partition coefficient (Wildman–Crippen LogP) is 3.53. The van der Waals surface area contributed by atoms with Crippen LogP contribution >= 0.6 is 11.3 Å². The van der Waals surface area contributed by atoms with Gasteiger partial charge in [0.05, 0.1) is 0 Å². The Labute approximate surface area is 123 Å².